The molecule has 1 unspecified atom stereocenters. The van der Waals surface area contributed by atoms with Gasteiger partial charge in [-0.3, -0.25) is 9.59 Å². The summed E-state index contributed by atoms with van der Waals surface area (Å²) in [4.78, 5) is 23.6. The van der Waals surface area contributed by atoms with Crippen LogP contribution in [0, 0.1) is 5.92 Å². The highest BCUT2D eigenvalue weighted by Gasteiger charge is 2.22. The van der Waals surface area contributed by atoms with Crippen LogP contribution in [0.3, 0.4) is 0 Å². The number of hydrogen-bond acceptors (Lipinski definition) is 2. The average Bonchev–Trinajstić information content (AvgIpc) is 2.46. The van der Waals surface area contributed by atoms with Gasteiger partial charge in [0, 0.05) is 6.42 Å². The van der Waals surface area contributed by atoms with E-state index in [-0.39, 0.29) is 5.91 Å². The highest BCUT2D eigenvalue weighted by Crippen LogP contribution is 2.26. The van der Waals surface area contributed by atoms with E-state index in [9.17, 15) is 9.59 Å². The summed E-state index contributed by atoms with van der Waals surface area (Å²) >= 11 is 0. The molecule has 1 aromatic carbocycles. The van der Waals surface area contributed by atoms with Crippen molar-refractivity contribution in [2.75, 3.05) is 0 Å². The number of benzene rings is 1. The molecule has 3 N–H and O–H groups in total. The van der Waals surface area contributed by atoms with Crippen LogP contribution in [0.25, 0.3) is 0 Å². The summed E-state index contributed by atoms with van der Waals surface area (Å²) in [7, 11) is 0. The van der Waals surface area contributed by atoms with Crippen molar-refractivity contribution in [2.24, 2.45) is 11.7 Å². The SMILES string of the molecule is NC(=O)C(NC(=O)CC1CCCCC1)c1ccccc1. The smallest absolute Gasteiger partial charge is 0.244 e. The fraction of sp³-hybridized carbons (Fsp3) is 0.500. The molecule has 4 nitrogen and oxygen atoms in total. The predicted molar refractivity (Wildman–Crippen MR) is 77.7 cm³/mol. The van der Waals surface area contributed by atoms with E-state index in [1.807, 2.05) is 18.2 Å². The van der Waals surface area contributed by atoms with E-state index < -0.39 is 11.9 Å². The van der Waals surface area contributed by atoms with E-state index in [0.717, 1.165) is 18.4 Å². The van der Waals surface area contributed by atoms with Gasteiger partial charge in [-0.05, 0) is 24.3 Å². The molecule has 1 atom stereocenters. The van der Waals surface area contributed by atoms with Crippen LogP contribution in [0.1, 0.15) is 50.1 Å². The van der Waals surface area contributed by atoms with Crippen LogP contribution in [0.4, 0.5) is 0 Å². The molecule has 1 aliphatic rings. The van der Waals surface area contributed by atoms with Crippen molar-refractivity contribution in [1.29, 1.82) is 0 Å². The number of nitrogens with two attached hydrogens (primary N) is 1. The normalized spacial score (nSPS) is 17.4. The Morgan fingerprint density at radius 3 is 2.40 bits per heavy atom. The molecular weight excluding hydrogens is 252 g/mol. The third kappa shape index (κ3) is 4.08. The Morgan fingerprint density at radius 1 is 1.15 bits per heavy atom. The summed E-state index contributed by atoms with van der Waals surface area (Å²) in [5.74, 6) is -0.147. The van der Waals surface area contributed by atoms with Gasteiger partial charge in [-0.25, -0.2) is 0 Å². The van der Waals surface area contributed by atoms with Crippen molar-refractivity contribution in [2.45, 2.75) is 44.6 Å². The van der Waals surface area contributed by atoms with E-state index in [2.05, 4.69) is 5.32 Å². The van der Waals surface area contributed by atoms with E-state index in [1.54, 1.807) is 12.1 Å². The molecular formula is C16H22N2O2. The van der Waals surface area contributed by atoms with Crippen molar-refractivity contribution in [3.8, 4) is 0 Å². The summed E-state index contributed by atoms with van der Waals surface area (Å²) < 4.78 is 0. The zero-order valence-corrected chi connectivity index (χ0v) is 11.7. The first-order chi connectivity index (χ1) is 9.66. The lowest BCUT2D eigenvalue weighted by atomic mass is 9.87. The first-order valence-corrected chi connectivity index (χ1v) is 7.30. The lowest BCUT2D eigenvalue weighted by molar-refractivity contribution is -0.128. The first-order valence-electron chi connectivity index (χ1n) is 7.30. The standard InChI is InChI=1S/C16H22N2O2/c17-16(20)15(13-9-5-2-6-10-13)18-14(19)11-12-7-3-1-4-8-12/h2,5-6,9-10,12,15H,1,3-4,7-8,11H2,(H2,17,20)(H,18,19). The molecule has 0 bridgehead atoms. The maximum Gasteiger partial charge on any atom is 0.244 e. The second-order valence-electron chi connectivity index (χ2n) is 5.52. The van der Waals surface area contributed by atoms with Crippen molar-refractivity contribution in [1.82, 2.24) is 5.32 Å². The van der Waals surface area contributed by atoms with Crippen molar-refractivity contribution in [3.05, 3.63) is 35.9 Å². The molecule has 0 heterocycles. The molecule has 1 aliphatic carbocycles. The molecule has 1 saturated carbocycles. The van der Waals surface area contributed by atoms with Crippen molar-refractivity contribution < 1.29 is 9.59 Å². The van der Waals surface area contributed by atoms with Crippen LogP contribution in [-0.4, -0.2) is 11.8 Å². The number of carbonyl (C=O) groups is 2. The van der Waals surface area contributed by atoms with E-state index in [4.69, 9.17) is 5.73 Å². The zero-order chi connectivity index (χ0) is 14.4. The van der Waals surface area contributed by atoms with Gasteiger partial charge in [0.2, 0.25) is 11.8 Å². The van der Waals surface area contributed by atoms with Gasteiger partial charge >= 0.3 is 0 Å². The van der Waals surface area contributed by atoms with Gasteiger partial charge in [-0.1, -0.05) is 49.6 Å². The van der Waals surface area contributed by atoms with E-state index in [0.29, 0.717) is 12.3 Å². The number of amides is 2. The number of rotatable bonds is 5. The van der Waals surface area contributed by atoms with Crippen LogP contribution in [0.15, 0.2) is 30.3 Å². The number of primary amides is 1. The Bertz CT molecular complexity index is 453. The summed E-state index contributed by atoms with van der Waals surface area (Å²) in [6.45, 7) is 0. The van der Waals surface area contributed by atoms with Gasteiger partial charge in [0.05, 0.1) is 0 Å². The lowest BCUT2D eigenvalue weighted by Gasteiger charge is -2.22. The monoisotopic (exact) mass is 274 g/mol. The second kappa shape index (κ2) is 7.08. The highest BCUT2D eigenvalue weighted by atomic mass is 16.2. The van der Waals surface area contributed by atoms with Crippen molar-refractivity contribution in [3.63, 3.8) is 0 Å². The maximum atomic E-state index is 12.1. The Hall–Kier alpha value is -1.84. The lowest BCUT2D eigenvalue weighted by Crippen LogP contribution is -2.38. The van der Waals surface area contributed by atoms with E-state index >= 15 is 0 Å². The van der Waals surface area contributed by atoms with Gasteiger partial charge in [-0.2, -0.15) is 0 Å². The van der Waals surface area contributed by atoms with Crippen LogP contribution in [0.5, 0.6) is 0 Å². The molecule has 0 saturated heterocycles. The highest BCUT2D eigenvalue weighted by molar-refractivity contribution is 5.87. The number of nitrogens with one attached hydrogen (secondary N) is 1. The molecule has 2 amide bonds. The molecule has 1 fully saturated rings. The second-order valence-corrected chi connectivity index (χ2v) is 5.52. The molecule has 0 radical (unpaired) electrons. The maximum absolute atomic E-state index is 12.1. The van der Waals surface area contributed by atoms with Crippen LogP contribution >= 0.6 is 0 Å². The predicted octanol–water partition coefficient (Wildman–Crippen LogP) is 2.30. The fourth-order valence-corrected chi connectivity index (χ4v) is 2.84. The number of carbonyl (C=O) groups excluding carboxylic acids is 2. The molecule has 1 aromatic rings. The van der Waals surface area contributed by atoms with Gasteiger partial charge in [-0.15, -0.1) is 0 Å². The van der Waals surface area contributed by atoms with Crippen molar-refractivity contribution >= 4 is 11.8 Å². The number of hydrogen-bond donors (Lipinski definition) is 2. The topological polar surface area (TPSA) is 72.2 Å². The summed E-state index contributed by atoms with van der Waals surface area (Å²) in [5.41, 5.74) is 6.13. The van der Waals surface area contributed by atoms with Gasteiger partial charge in [0.1, 0.15) is 6.04 Å². The Kier molecular flexibility index (Phi) is 5.16. The molecule has 4 heteroatoms. The molecule has 2 rings (SSSR count). The quantitative estimate of drug-likeness (QED) is 0.864. The minimum Gasteiger partial charge on any atom is -0.368 e. The molecule has 0 aliphatic heterocycles. The third-order valence-corrected chi connectivity index (χ3v) is 3.92. The summed E-state index contributed by atoms with van der Waals surface area (Å²) in [5, 5.41) is 2.77. The molecule has 108 valence electrons. The van der Waals surface area contributed by atoms with Crippen LogP contribution in [-0.2, 0) is 9.59 Å². The van der Waals surface area contributed by atoms with Crippen LogP contribution in [0.2, 0.25) is 0 Å². The summed E-state index contributed by atoms with van der Waals surface area (Å²) in [6.07, 6.45) is 6.40. The third-order valence-electron chi connectivity index (χ3n) is 3.92. The van der Waals surface area contributed by atoms with Gasteiger partial charge < -0.3 is 11.1 Å². The van der Waals surface area contributed by atoms with Gasteiger partial charge in [0.25, 0.3) is 0 Å². The van der Waals surface area contributed by atoms with Gasteiger partial charge in [0.15, 0.2) is 0 Å². The molecule has 0 spiro atoms. The van der Waals surface area contributed by atoms with Crippen LogP contribution < -0.4 is 11.1 Å². The average molecular weight is 274 g/mol. The summed E-state index contributed by atoms with van der Waals surface area (Å²) in [6, 6.07) is 8.40. The van der Waals surface area contributed by atoms with E-state index in [1.165, 1.54) is 19.3 Å². The molecule has 20 heavy (non-hydrogen) atoms. The first kappa shape index (κ1) is 14.6. The minimum atomic E-state index is -0.729. The minimum absolute atomic E-state index is 0.0791. The zero-order valence-electron chi connectivity index (χ0n) is 11.7. The largest absolute Gasteiger partial charge is 0.368 e. The fourth-order valence-electron chi connectivity index (χ4n) is 2.84. The Labute approximate surface area is 119 Å². The molecule has 0 aromatic heterocycles. The Balaban J connectivity index is 1.94. The Morgan fingerprint density at radius 2 is 1.80 bits per heavy atom.